The number of benzene rings is 1. The summed E-state index contributed by atoms with van der Waals surface area (Å²) in [7, 11) is 3.58. The van der Waals surface area contributed by atoms with Crippen molar-refractivity contribution in [1.82, 2.24) is 4.57 Å². The molecule has 2 rings (SSSR count). The Kier molecular flexibility index (Phi) is 2.92. The first kappa shape index (κ1) is 11.1. The van der Waals surface area contributed by atoms with Crippen molar-refractivity contribution in [2.24, 2.45) is 7.05 Å². The summed E-state index contributed by atoms with van der Waals surface area (Å²) in [6.45, 7) is 0. The molecule has 0 atom stereocenters. The Morgan fingerprint density at radius 2 is 1.88 bits per heavy atom. The van der Waals surface area contributed by atoms with Gasteiger partial charge in [-0.15, -0.1) is 0 Å². The van der Waals surface area contributed by atoms with Crippen LogP contribution in [0.3, 0.4) is 0 Å². The number of nitrogens with zero attached hydrogens (tertiary/aromatic N) is 1. The minimum Gasteiger partial charge on any atom is -0.497 e. The van der Waals surface area contributed by atoms with Crippen molar-refractivity contribution >= 4 is 21.7 Å². The molecule has 0 aliphatic heterocycles. The molecule has 0 aliphatic carbocycles. The first-order chi connectivity index (χ1) is 7.63. The molecule has 2 aromatic rings. The van der Waals surface area contributed by atoms with Gasteiger partial charge in [-0.05, 0) is 39.7 Å². The monoisotopic (exact) mass is 280 g/mol. The second-order valence-electron chi connectivity index (χ2n) is 3.56. The maximum absolute atomic E-state index is 5.84. The van der Waals surface area contributed by atoms with E-state index in [1.165, 1.54) is 0 Å². The van der Waals surface area contributed by atoms with Crippen molar-refractivity contribution in [3.05, 3.63) is 34.9 Å². The lowest BCUT2D eigenvalue weighted by Crippen LogP contribution is -1.94. The van der Waals surface area contributed by atoms with Gasteiger partial charge >= 0.3 is 0 Å². The van der Waals surface area contributed by atoms with Gasteiger partial charge in [-0.1, -0.05) is 12.1 Å². The number of anilines is 1. The fourth-order valence-electron chi connectivity index (χ4n) is 1.57. The molecule has 1 heterocycles. The van der Waals surface area contributed by atoms with Crippen LogP contribution >= 0.6 is 15.9 Å². The Morgan fingerprint density at radius 1 is 1.25 bits per heavy atom. The number of aromatic nitrogens is 1. The average Bonchev–Trinajstić information content (AvgIpc) is 2.57. The highest BCUT2D eigenvalue weighted by Gasteiger charge is 2.09. The van der Waals surface area contributed by atoms with Gasteiger partial charge in [0.1, 0.15) is 11.6 Å². The lowest BCUT2D eigenvalue weighted by Gasteiger charge is -2.03. The molecular weight excluding hydrogens is 268 g/mol. The molecule has 0 aliphatic rings. The lowest BCUT2D eigenvalue weighted by molar-refractivity contribution is 0.415. The van der Waals surface area contributed by atoms with Crippen LogP contribution in [0.15, 0.2) is 34.9 Å². The minimum absolute atomic E-state index is 0.734. The summed E-state index contributed by atoms with van der Waals surface area (Å²) in [4.78, 5) is 0. The van der Waals surface area contributed by atoms with Crippen molar-refractivity contribution < 1.29 is 4.74 Å². The standard InChI is InChI=1S/C12H13BrN2O/c1-15-11(14)7-10(12(15)13)8-3-5-9(16-2)6-4-8/h3-7H,14H2,1-2H3. The summed E-state index contributed by atoms with van der Waals surface area (Å²) >= 11 is 3.53. The molecule has 1 aromatic heterocycles. The van der Waals surface area contributed by atoms with Gasteiger partial charge in [-0.2, -0.15) is 0 Å². The molecule has 0 bridgehead atoms. The molecule has 4 heteroatoms. The maximum atomic E-state index is 5.84. The van der Waals surface area contributed by atoms with Crippen LogP contribution in [0.2, 0.25) is 0 Å². The van der Waals surface area contributed by atoms with E-state index >= 15 is 0 Å². The van der Waals surface area contributed by atoms with Crippen molar-refractivity contribution in [1.29, 1.82) is 0 Å². The summed E-state index contributed by atoms with van der Waals surface area (Å²) in [5, 5.41) is 0. The van der Waals surface area contributed by atoms with Crippen LogP contribution in [-0.4, -0.2) is 11.7 Å². The van der Waals surface area contributed by atoms with Gasteiger partial charge < -0.3 is 15.0 Å². The molecule has 0 saturated heterocycles. The van der Waals surface area contributed by atoms with Crippen LogP contribution < -0.4 is 10.5 Å². The molecule has 0 amide bonds. The van der Waals surface area contributed by atoms with Crippen molar-refractivity contribution in [3.8, 4) is 16.9 Å². The Morgan fingerprint density at radius 3 is 2.31 bits per heavy atom. The average molecular weight is 281 g/mol. The van der Waals surface area contributed by atoms with E-state index in [0.717, 1.165) is 27.3 Å². The second-order valence-corrected chi connectivity index (χ2v) is 4.31. The number of methoxy groups -OCH3 is 1. The Labute approximate surface area is 103 Å². The zero-order valence-electron chi connectivity index (χ0n) is 9.20. The minimum atomic E-state index is 0.734. The van der Waals surface area contributed by atoms with Gasteiger partial charge in [-0.25, -0.2) is 0 Å². The summed E-state index contributed by atoms with van der Waals surface area (Å²) in [5.74, 6) is 1.58. The number of rotatable bonds is 2. The summed E-state index contributed by atoms with van der Waals surface area (Å²) in [6, 6.07) is 9.85. The van der Waals surface area contributed by atoms with Crippen LogP contribution in [0.25, 0.3) is 11.1 Å². The molecule has 0 radical (unpaired) electrons. The third-order valence-corrected chi connectivity index (χ3v) is 3.56. The molecular formula is C12H13BrN2O. The van der Waals surface area contributed by atoms with E-state index in [2.05, 4.69) is 15.9 Å². The number of hydrogen-bond donors (Lipinski definition) is 1. The zero-order valence-corrected chi connectivity index (χ0v) is 10.8. The van der Waals surface area contributed by atoms with E-state index < -0.39 is 0 Å². The quantitative estimate of drug-likeness (QED) is 0.919. The first-order valence-electron chi connectivity index (χ1n) is 4.88. The maximum Gasteiger partial charge on any atom is 0.118 e. The molecule has 0 spiro atoms. The van der Waals surface area contributed by atoms with Gasteiger partial charge in [0.25, 0.3) is 0 Å². The van der Waals surface area contributed by atoms with Crippen LogP contribution in [0.5, 0.6) is 5.75 Å². The second kappa shape index (κ2) is 4.22. The third kappa shape index (κ3) is 1.80. The van der Waals surface area contributed by atoms with Crippen molar-refractivity contribution in [2.75, 3.05) is 12.8 Å². The highest BCUT2D eigenvalue weighted by atomic mass is 79.9. The van der Waals surface area contributed by atoms with Gasteiger partial charge in [0, 0.05) is 12.6 Å². The highest BCUT2D eigenvalue weighted by Crippen LogP contribution is 2.32. The molecule has 0 fully saturated rings. The van der Waals surface area contributed by atoms with Gasteiger partial charge in [0.15, 0.2) is 0 Å². The number of nitrogen functional groups attached to an aromatic ring is 1. The number of hydrogen-bond acceptors (Lipinski definition) is 2. The molecule has 84 valence electrons. The smallest absolute Gasteiger partial charge is 0.118 e. The van der Waals surface area contributed by atoms with Gasteiger partial charge in [-0.3, -0.25) is 0 Å². The Balaban J connectivity index is 2.46. The number of halogens is 1. The fraction of sp³-hybridized carbons (Fsp3) is 0.167. The Hall–Kier alpha value is -1.42. The van der Waals surface area contributed by atoms with Crippen LogP contribution in [0.1, 0.15) is 0 Å². The van der Waals surface area contributed by atoms with Gasteiger partial charge in [0.05, 0.1) is 11.7 Å². The van der Waals surface area contributed by atoms with E-state index in [0.29, 0.717) is 0 Å². The van der Waals surface area contributed by atoms with Crippen molar-refractivity contribution in [2.45, 2.75) is 0 Å². The normalized spacial score (nSPS) is 10.4. The fourth-order valence-corrected chi connectivity index (χ4v) is 2.12. The molecule has 2 N–H and O–H groups in total. The molecule has 1 aromatic carbocycles. The predicted molar refractivity (Wildman–Crippen MR) is 69.5 cm³/mol. The van der Waals surface area contributed by atoms with Crippen LogP contribution in [-0.2, 0) is 7.05 Å². The SMILES string of the molecule is COc1ccc(-c2cc(N)n(C)c2Br)cc1. The van der Waals surface area contributed by atoms with E-state index in [9.17, 15) is 0 Å². The molecule has 0 unspecified atom stereocenters. The van der Waals surface area contributed by atoms with Crippen LogP contribution in [0, 0.1) is 0 Å². The lowest BCUT2D eigenvalue weighted by atomic mass is 10.1. The van der Waals surface area contributed by atoms with E-state index in [4.69, 9.17) is 10.5 Å². The summed E-state index contributed by atoms with van der Waals surface area (Å²) in [5.41, 5.74) is 8.04. The third-order valence-electron chi connectivity index (χ3n) is 2.60. The highest BCUT2D eigenvalue weighted by molar-refractivity contribution is 9.10. The molecule has 3 nitrogen and oxygen atoms in total. The summed E-state index contributed by atoms with van der Waals surface area (Å²) in [6.07, 6.45) is 0. The topological polar surface area (TPSA) is 40.2 Å². The van der Waals surface area contributed by atoms with Crippen molar-refractivity contribution in [3.63, 3.8) is 0 Å². The van der Waals surface area contributed by atoms with E-state index in [-0.39, 0.29) is 0 Å². The number of ether oxygens (including phenoxy) is 1. The molecule has 16 heavy (non-hydrogen) atoms. The Bertz CT molecular complexity index is 502. The number of nitrogens with two attached hydrogens (primary N) is 1. The van der Waals surface area contributed by atoms with E-state index in [1.54, 1.807) is 7.11 Å². The summed E-state index contributed by atoms with van der Waals surface area (Å²) < 4.78 is 8.01. The first-order valence-corrected chi connectivity index (χ1v) is 5.68. The molecule has 0 saturated carbocycles. The van der Waals surface area contributed by atoms with Gasteiger partial charge in [0.2, 0.25) is 0 Å². The largest absolute Gasteiger partial charge is 0.497 e. The van der Waals surface area contributed by atoms with Crippen LogP contribution in [0.4, 0.5) is 5.82 Å². The predicted octanol–water partition coefficient (Wildman–Crippen LogP) is 3.05. The zero-order chi connectivity index (χ0) is 11.7. The van der Waals surface area contributed by atoms with E-state index in [1.807, 2.05) is 41.9 Å².